The molecular formula is C21H26N2O3. The van der Waals surface area contributed by atoms with E-state index in [1.165, 1.54) is 10.6 Å². The monoisotopic (exact) mass is 354 g/mol. The van der Waals surface area contributed by atoms with Crippen LogP contribution < -0.4 is 5.06 Å². The minimum absolute atomic E-state index is 0.0369. The molecule has 3 unspecified atom stereocenters. The van der Waals surface area contributed by atoms with Crippen molar-refractivity contribution < 1.29 is 14.4 Å². The molecule has 3 saturated heterocycles. The van der Waals surface area contributed by atoms with Gasteiger partial charge in [-0.15, -0.1) is 0 Å². The van der Waals surface area contributed by atoms with E-state index in [-0.39, 0.29) is 12.0 Å². The van der Waals surface area contributed by atoms with Gasteiger partial charge in [0.15, 0.2) is 0 Å². The number of carbonyl (C=O) groups is 1. The zero-order valence-electron chi connectivity index (χ0n) is 15.6. The molecule has 4 fully saturated rings. The summed E-state index contributed by atoms with van der Waals surface area (Å²) in [7, 11) is 3.77. The third kappa shape index (κ3) is 1.89. The summed E-state index contributed by atoms with van der Waals surface area (Å²) < 4.78 is 6.38. The number of amides is 1. The Balaban J connectivity index is 1.70. The number of allylic oxidation sites excluding steroid dienone is 1. The maximum atomic E-state index is 13.6. The molecule has 0 N–H and O–H groups in total. The van der Waals surface area contributed by atoms with Gasteiger partial charge in [0.2, 0.25) is 0 Å². The highest BCUT2D eigenvalue weighted by Crippen LogP contribution is 2.57. The third-order valence-corrected chi connectivity index (χ3v) is 7.25. The summed E-state index contributed by atoms with van der Waals surface area (Å²) in [4.78, 5) is 21.6. The van der Waals surface area contributed by atoms with Crippen molar-refractivity contribution in [3.8, 4) is 0 Å². The fourth-order valence-corrected chi connectivity index (χ4v) is 6.01. The van der Waals surface area contributed by atoms with Crippen LogP contribution in [0.1, 0.15) is 25.3 Å². The van der Waals surface area contributed by atoms with Gasteiger partial charge in [-0.3, -0.25) is 14.5 Å². The van der Waals surface area contributed by atoms with Crippen LogP contribution in [0, 0.1) is 11.8 Å². The molecule has 1 saturated carbocycles. The highest BCUT2D eigenvalue weighted by Gasteiger charge is 2.63. The Bertz CT molecular complexity index is 791. The number of piperidine rings is 1. The van der Waals surface area contributed by atoms with Crippen LogP contribution in [-0.4, -0.2) is 50.3 Å². The van der Waals surface area contributed by atoms with Gasteiger partial charge in [0.1, 0.15) is 5.41 Å². The van der Waals surface area contributed by atoms with E-state index in [1.54, 1.807) is 7.11 Å². The summed E-state index contributed by atoms with van der Waals surface area (Å²) in [5, 5.41) is 1.48. The highest BCUT2D eigenvalue weighted by atomic mass is 16.7. The molecule has 0 radical (unpaired) electrons. The molecule has 26 heavy (non-hydrogen) atoms. The van der Waals surface area contributed by atoms with Gasteiger partial charge >= 0.3 is 0 Å². The Hall–Kier alpha value is -1.69. The predicted molar refractivity (Wildman–Crippen MR) is 98.7 cm³/mol. The summed E-state index contributed by atoms with van der Waals surface area (Å²) in [6, 6.07) is 8.42. The van der Waals surface area contributed by atoms with Crippen LogP contribution in [0.15, 0.2) is 35.9 Å². The Kier molecular flexibility index (Phi) is 3.58. The maximum Gasteiger partial charge on any atom is 0.264 e. The van der Waals surface area contributed by atoms with Gasteiger partial charge in [0, 0.05) is 18.5 Å². The fraction of sp³-hybridized carbons (Fsp3) is 0.571. The van der Waals surface area contributed by atoms with Crippen LogP contribution in [0.4, 0.5) is 5.69 Å². The normalized spacial score (nSPS) is 40.3. The minimum atomic E-state index is -0.641. The Morgan fingerprint density at radius 2 is 2.15 bits per heavy atom. The van der Waals surface area contributed by atoms with Gasteiger partial charge in [-0.1, -0.05) is 29.8 Å². The second-order valence-electron chi connectivity index (χ2n) is 8.15. The van der Waals surface area contributed by atoms with E-state index < -0.39 is 5.41 Å². The number of ether oxygens (including phenoxy) is 1. The van der Waals surface area contributed by atoms with E-state index in [9.17, 15) is 4.79 Å². The molecule has 4 bridgehead atoms. The van der Waals surface area contributed by atoms with Crippen LogP contribution in [0.2, 0.25) is 0 Å². The molecular weight excluding hydrogens is 328 g/mol. The smallest absolute Gasteiger partial charge is 0.264 e. The minimum Gasteiger partial charge on any atom is -0.376 e. The van der Waals surface area contributed by atoms with Crippen molar-refractivity contribution in [1.82, 2.24) is 4.90 Å². The van der Waals surface area contributed by atoms with Gasteiger partial charge in [0.05, 0.1) is 25.5 Å². The van der Waals surface area contributed by atoms with Crippen LogP contribution >= 0.6 is 0 Å². The lowest BCUT2D eigenvalue weighted by atomic mass is 9.72. The number of hydroxylamine groups is 1. The van der Waals surface area contributed by atoms with Crippen molar-refractivity contribution in [2.75, 3.05) is 32.4 Å². The number of para-hydroxylation sites is 1. The van der Waals surface area contributed by atoms with E-state index in [0.717, 1.165) is 37.2 Å². The van der Waals surface area contributed by atoms with Crippen LogP contribution in [0.25, 0.3) is 0 Å². The number of likely N-dealkylation sites (N-methyl/N-ethyl adjacent to an activating group) is 1. The number of hydrogen-bond donors (Lipinski definition) is 0. The molecule has 5 aliphatic rings. The standard InChI is InChI=1S/C21H26N2O3/c1-4-13-11-22(2)18-10-21(19-9-14(13)15(18)12-26-19)16-7-5-6-8-17(16)23(25-3)20(21)24/h4-8,14-15,18-19H,9-12H2,1-3H3/b13-4+/t14?,15?,18?,19-,21+/m1/s1. The molecule has 6 rings (SSSR count). The van der Waals surface area contributed by atoms with Crippen molar-refractivity contribution in [2.24, 2.45) is 11.8 Å². The van der Waals surface area contributed by atoms with E-state index in [4.69, 9.17) is 9.57 Å². The first kappa shape index (κ1) is 16.5. The summed E-state index contributed by atoms with van der Waals surface area (Å²) in [6.07, 6.45) is 3.91. The van der Waals surface area contributed by atoms with Crippen LogP contribution in [0.5, 0.6) is 0 Å². The van der Waals surface area contributed by atoms with Crippen molar-refractivity contribution in [3.63, 3.8) is 0 Å². The van der Waals surface area contributed by atoms with Gasteiger partial charge in [-0.2, -0.15) is 5.06 Å². The average Bonchev–Trinajstić information content (AvgIpc) is 2.77. The zero-order valence-corrected chi connectivity index (χ0v) is 15.6. The average molecular weight is 354 g/mol. The number of nitrogens with zero attached hydrogens (tertiary/aromatic N) is 2. The number of carbonyl (C=O) groups excluding carboxylic acids is 1. The zero-order chi connectivity index (χ0) is 18.1. The molecule has 4 heterocycles. The molecule has 4 aliphatic heterocycles. The molecule has 1 aromatic rings. The lowest BCUT2D eigenvalue weighted by Crippen LogP contribution is -2.50. The summed E-state index contributed by atoms with van der Waals surface area (Å²) in [5.74, 6) is 1.03. The largest absolute Gasteiger partial charge is 0.376 e. The summed E-state index contributed by atoms with van der Waals surface area (Å²) >= 11 is 0. The second kappa shape index (κ2) is 5.65. The number of rotatable bonds is 1. The molecule has 1 spiro atoms. The predicted octanol–water partition coefficient (Wildman–Crippen LogP) is 2.52. The SMILES string of the molecule is C/C=C1\CN(C)C2C[C@@]3(C(=O)N(OC)c4ccccc43)[C@H]3CC1C2CO3. The molecule has 5 nitrogen and oxygen atoms in total. The van der Waals surface area contributed by atoms with Crippen molar-refractivity contribution in [3.05, 3.63) is 41.5 Å². The number of hydrogen-bond acceptors (Lipinski definition) is 4. The van der Waals surface area contributed by atoms with Crippen molar-refractivity contribution >= 4 is 11.6 Å². The first-order valence-electron chi connectivity index (χ1n) is 9.57. The third-order valence-electron chi connectivity index (χ3n) is 7.25. The number of fused-ring (bicyclic) bond motifs is 2. The van der Waals surface area contributed by atoms with E-state index in [2.05, 4.69) is 31.0 Å². The first-order chi connectivity index (χ1) is 12.6. The second-order valence-corrected chi connectivity index (χ2v) is 8.15. The van der Waals surface area contributed by atoms with Gasteiger partial charge in [0.25, 0.3) is 5.91 Å². The Morgan fingerprint density at radius 3 is 2.92 bits per heavy atom. The number of anilines is 1. The lowest BCUT2D eigenvalue weighted by molar-refractivity contribution is -0.137. The van der Waals surface area contributed by atoms with Gasteiger partial charge in [-0.05, 0) is 44.4 Å². The van der Waals surface area contributed by atoms with Gasteiger partial charge in [-0.25, -0.2) is 0 Å². The Morgan fingerprint density at radius 1 is 1.35 bits per heavy atom. The molecule has 138 valence electrons. The topological polar surface area (TPSA) is 42.0 Å². The quantitative estimate of drug-likeness (QED) is 0.727. The van der Waals surface area contributed by atoms with E-state index in [0.29, 0.717) is 17.9 Å². The van der Waals surface area contributed by atoms with Crippen molar-refractivity contribution in [1.29, 1.82) is 0 Å². The molecule has 1 amide bonds. The molecule has 5 heteroatoms. The van der Waals surface area contributed by atoms with Crippen molar-refractivity contribution in [2.45, 2.75) is 37.3 Å². The number of likely N-dealkylation sites (tertiary alicyclic amines) is 1. The molecule has 1 aromatic carbocycles. The summed E-state index contributed by atoms with van der Waals surface area (Å²) in [6.45, 7) is 3.88. The van der Waals surface area contributed by atoms with Crippen LogP contribution in [0.3, 0.4) is 0 Å². The van der Waals surface area contributed by atoms with Gasteiger partial charge < -0.3 is 4.74 Å². The fourth-order valence-electron chi connectivity index (χ4n) is 6.01. The van der Waals surface area contributed by atoms with Crippen LogP contribution in [-0.2, 0) is 19.8 Å². The Labute approximate surface area is 154 Å². The molecule has 1 aliphatic carbocycles. The maximum absolute atomic E-state index is 13.6. The van der Waals surface area contributed by atoms with E-state index >= 15 is 0 Å². The first-order valence-corrected chi connectivity index (χ1v) is 9.57. The summed E-state index contributed by atoms with van der Waals surface area (Å²) in [5.41, 5.74) is 2.80. The van der Waals surface area contributed by atoms with E-state index in [1.807, 2.05) is 18.2 Å². The number of benzene rings is 1. The molecule has 0 aromatic heterocycles. The lowest BCUT2D eigenvalue weighted by Gasteiger charge is -2.46. The highest BCUT2D eigenvalue weighted by molar-refractivity contribution is 6.07. The molecule has 5 atom stereocenters.